The van der Waals surface area contributed by atoms with E-state index >= 15 is 0 Å². The van der Waals surface area contributed by atoms with Gasteiger partial charge in [0.05, 0.1) is 18.8 Å². The van der Waals surface area contributed by atoms with Gasteiger partial charge >= 0.3 is 5.97 Å². The molecule has 0 fully saturated rings. The maximum atomic E-state index is 11.5. The second kappa shape index (κ2) is 8.20. The Hall–Kier alpha value is -1.03. The van der Waals surface area contributed by atoms with Gasteiger partial charge in [0.15, 0.2) is 0 Å². The normalized spacial score (nSPS) is 12.3. The topological polar surface area (TPSA) is 35.5 Å². The SMILES string of the molecule is CCOC(=O)c1ccc(OCC(CBr)C(C)C)cc1. The molecular formula is C15H21BrO3. The summed E-state index contributed by atoms with van der Waals surface area (Å²) in [5.74, 6) is 1.53. The molecule has 0 radical (unpaired) electrons. The molecule has 0 aliphatic carbocycles. The van der Waals surface area contributed by atoms with E-state index in [9.17, 15) is 4.79 Å². The van der Waals surface area contributed by atoms with Crippen molar-refractivity contribution in [1.29, 1.82) is 0 Å². The van der Waals surface area contributed by atoms with Crippen LogP contribution in [0.1, 0.15) is 31.1 Å². The van der Waals surface area contributed by atoms with E-state index in [0.29, 0.717) is 30.6 Å². The van der Waals surface area contributed by atoms with Crippen molar-refractivity contribution in [2.75, 3.05) is 18.5 Å². The van der Waals surface area contributed by atoms with E-state index in [4.69, 9.17) is 9.47 Å². The summed E-state index contributed by atoms with van der Waals surface area (Å²) in [6.45, 7) is 7.21. The quantitative estimate of drug-likeness (QED) is 0.562. The molecule has 19 heavy (non-hydrogen) atoms. The molecule has 0 saturated heterocycles. The number of halogens is 1. The number of carbonyl (C=O) groups excluding carboxylic acids is 1. The van der Waals surface area contributed by atoms with E-state index in [1.54, 1.807) is 31.2 Å². The maximum absolute atomic E-state index is 11.5. The third-order valence-electron chi connectivity index (χ3n) is 2.97. The molecule has 4 heteroatoms. The van der Waals surface area contributed by atoms with Crippen LogP contribution < -0.4 is 4.74 Å². The van der Waals surface area contributed by atoms with Crippen molar-refractivity contribution in [2.24, 2.45) is 11.8 Å². The second-order valence-electron chi connectivity index (χ2n) is 4.71. The number of ether oxygens (including phenoxy) is 2. The molecule has 3 nitrogen and oxygen atoms in total. The highest BCUT2D eigenvalue weighted by Gasteiger charge is 2.13. The summed E-state index contributed by atoms with van der Waals surface area (Å²) >= 11 is 3.50. The van der Waals surface area contributed by atoms with E-state index in [0.717, 1.165) is 11.1 Å². The Morgan fingerprint density at radius 3 is 2.37 bits per heavy atom. The molecule has 0 saturated carbocycles. The lowest BCUT2D eigenvalue weighted by molar-refractivity contribution is 0.0526. The van der Waals surface area contributed by atoms with Crippen molar-refractivity contribution in [2.45, 2.75) is 20.8 Å². The zero-order valence-electron chi connectivity index (χ0n) is 11.7. The van der Waals surface area contributed by atoms with Gasteiger partial charge in [-0.05, 0) is 37.1 Å². The molecule has 1 unspecified atom stereocenters. The highest BCUT2D eigenvalue weighted by atomic mass is 79.9. The molecule has 0 aliphatic heterocycles. The highest BCUT2D eigenvalue weighted by molar-refractivity contribution is 9.09. The van der Waals surface area contributed by atoms with Crippen LogP contribution in [-0.2, 0) is 4.74 Å². The lowest BCUT2D eigenvalue weighted by Gasteiger charge is -2.18. The fourth-order valence-electron chi connectivity index (χ4n) is 1.52. The number of hydrogen-bond acceptors (Lipinski definition) is 3. The van der Waals surface area contributed by atoms with Gasteiger partial charge in [0, 0.05) is 11.2 Å². The molecule has 0 spiro atoms. The van der Waals surface area contributed by atoms with Gasteiger partial charge in [-0.25, -0.2) is 4.79 Å². The van der Waals surface area contributed by atoms with Gasteiger partial charge in [-0.1, -0.05) is 29.8 Å². The molecule has 0 aromatic heterocycles. The Kier molecular flexibility index (Phi) is 6.92. The Balaban J connectivity index is 2.55. The number of alkyl halides is 1. The van der Waals surface area contributed by atoms with E-state index in [1.807, 2.05) is 0 Å². The zero-order valence-corrected chi connectivity index (χ0v) is 13.3. The summed E-state index contributed by atoms with van der Waals surface area (Å²) in [6.07, 6.45) is 0. The van der Waals surface area contributed by atoms with Gasteiger partial charge < -0.3 is 9.47 Å². The fourth-order valence-corrected chi connectivity index (χ4v) is 2.45. The first-order chi connectivity index (χ1) is 9.08. The monoisotopic (exact) mass is 328 g/mol. The zero-order chi connectivity index (χ0) is 14.3. The lowest BCUT2D eigenvalue weighted by Crippen LogP contribution is -2.19. The number of benzene rings is 1. The first kappa shape index (κ1) is 16.0. The van der Waals surface area contributed by atoms with Gasteiger partial charge in [-0.3, -0.25) is 0 Å². The first-order valence-corrected chi connectivity index (χ1v) is 7.66. The lowest BCUT2D eigenvalue weighted by atomic mass is 9.99. The molecule has 0 N–H and O–H groups in total. The number of rotatable bonds is 7. The van der Waals surface area contributed by atoms with Crippen molar-refractivity contribution in [3.8, 4) is 5.75 Å². The van der Waals surface area contributed by atoms with Gasteiger partial charge in [-0.2, -0.15) is 0 Å². The Bertz CT molecular complexity index is 387. The molecule has 0 bridgehead atoms. The number of carbonyl (C=O) groups is 1. The third kappa shape index (κ3) is 5.23. The van der Waals surface area contributed by atoms with Crippen molar-refractivity contribution in [3.63, 3.8) is 0 Å². The van der Waals surface area contributed by atoms with Crippen LogP contribution in [0.15, 0.2) is 24.3 Å². The predicted octanol–water partition coefficient (Wildman–Crippen LogP) is 3.91. The summed E-state index contributed by atoms with van der Waals surface area (Å²) in [6, 6.07) is 7.06. The average Bonchev–Trinajstić information content (AvgIpc) is 2.40. The van der Waals surface area contributed by atoms with Crippen LogP contribution in [0.25, 0.3) is 0 Å². The average molecular weight is 329 g/mol. The van der Waals surface area contributed by atoms with Crippen molar-refractivity contribution in [3.05, 3.63) is 29.8 Å². The van der Waals surface area contributed by atoms with Crippen molar-refractivity contribution < 1.29 is 14.3 Å². The summed E-state index contributed by atoms with van der Waals surface area (Å²) in [7, 11) is 0. The van der Waals surface area contributed by atoms with Gasteiger partial charge in [0.2, 0.25) is 0 Å². The van der Waals surface area contributed by atoms with Gasteiger partial charge in [0.1, 0.15) is 5.75 Å². The minimum absolute atomic E-state index is 0.297. The molecule has 1 aromatic rings. The largest absolute Gasteiger partial charge is 0.493 e. The van der Waals surface area contributed by atoms with Crippen molar-refractivity contribution in [1.82, 2.24) is 0 Å². The summed E-state index contributed by atoms with van der Waals surface area (Å²) in [4.78, 5) is 11.5. The maximum Gasteiger partial charge on any atom is 0.338 e. The first-order valence-electron chi connectivity index (χ1n) is 6.54. The molecular weight excluding hydrogens is 308 g/mol. The fraction of sp³-hybridized carbons (Fsp3) is 0.533. The van der Waals surface area contributed by atoms with Gasteiger partial charge in [-0.15, -0.1) is 0 Å². The van der Waals surface area contributed by atoms with Crippen LogP contribution in [-0.4, -0.2) is 24.5 Å². The number of esters is 1. The Morgan fingerprint density at radius 2 is 1.89 bits per heavy atom. The Labute approximate surface area is 123 Å². The molecule has 0 heterocycles. The molecule has 1 aromatic carbocycles. The minimum Gasteiger partial charge on any atom is -0.493 e. The molecule has 0 aliphatic rings. The number of hydrogen-bond donors (Lipinski definition) is 0. The summed E-state index contributed by atoms with van der Waals surface area (Å²) < 4.78 is 10.7. The van der Waals surface area contributed by atoms with Crippen LogP contribution in [0.5, 0.6) is 5.75 Å². The molecule has 106 valence electrons. The Morgan fingerprint density at radius 1 is 1.26 bits per heavy atom. The van der Waals surface area contributed by atoms with Crippen molar-refractivity contribution >= 4 is 21.9 Å². The molecule has 1 rings (SSSR count). The van der Waals surface area contributed by atoms with E-state index in [2.05, 4.69) is 29.8 Å². The van der Waals surface area contributed by atoms with Gasteiger partial charge in [0.25, 0.3) is 0 Å². The van der Waals surface area contributed by atoms with E-state index < -0.39 is 0 Å². The van der Waals surface area contributed by atoms with Crippen LogP contribution in [0.2, 0.25) is 0 Å². The predicted molar refractivity (Wildman–Crippen MR) is 80.0 cm³/mol. The van der Waals surface area contributed by atoms with Crippen LogP contribution in [0.3, 0.4) is 0 Å². The highest BCUT2D eigenvalue weighted by Crippen LogP contribution is 2.18. The second-order valence-corrected chi connectivity index (χ2v) is 5.36. The summed E-state index contributed by atoms with van der Waals surface area (Å²) in [5.41, 5.74) is 0.551. The standard InChI is InChI=1S/C15H21BrO3/c1-4-18-15(17)12-5-7-14(8-6-12)19-10-13(9-16)11(2)3/h5-8,11,13H,4,9-10H2,1-3H3. The smallest absolute Gasteiger partial charge is 0.338 e. The van der Waals surface area contributed by atoms with E-state index in [-0.39, 0.29) is 5.97 Å². The summed E-state index contributed by atoms with van der Waals surface area (Å²) in [5, 5.41) is 0.922. The molecule has 0 amide bonds. The van der Waals surface area contributed by atoms with Crippen LogP contribution in [0, 0.1) is 11.8 Å². The minimum atomic E-state index is -0.297. The third-order valence-corrected chi connectivity index (χ3v) is 3.80. The van der Waals surface area contributed by atoms with E-state index in [1.165, 1.54) is 0 Å². The molecule has 1 atom stereocenters. The van der Waals surface area contributed by atoms with Crippen LogP contribution >= 0.6 is 15.9 Å². The van der Waals surface area contributed by atoms with Crippen LogP contribution in [0.4, 0.5) is 0 Å².